The lowest BCUT2D eigenvalue weighted by atomic mass is 10.1. The van der Waals surface area contributed by atoms with Gasteiger partial charge < -0.3 is 9.80 Å². The van der Waals surface area contributed by atoms with Gasteiger partial charge in [0.05, 0.1) is 11.7 Å². The molecule has 134 valence electrons. The Bertz CT molecular complexity index is 995. The second-order valence-corrected chi connectivity index (χ2v) is 6.38. The van der Waals surface area contributed by atoms with Gasteiger partial charge in [-0.1, -0.05) is 30.3 Å². The van der Waals surface area contributed by atoms with Crippen molar-refractivity contribution in [2.24, 2.45) is 0 Å². The van der Waals surface area contributed by atoms with Crippen molar-refractivity contribution in [2.75, 3.05) is 29.9 Å². The molecule has 0 aliphatic carbocycles. The van der Waals surface area contributed by atoms with Crippen LogP contribution in [0.15, 0.2) is 55.0 Å². The second-order valence-electron chi connectivity index (χ2n) is 6.38. The van der Waals surface area contributed by atoms with Crippen molar-refractivity contribution in [1.29, 1.82) is 5.26 Å². The first kappa shape index (κ1) is 16.9. The maximum Gasteiger partial charge on any atom is 0.191 e. The Morgan fingerprint density at radius 1 is 1.11 bits per heavy atom. The van der Waals surface area contributed by atoms with E-state index in [0.29, 0.717) is 30.3 Å². The SMILES string of the molecule is CN(c1cccnc1C#N)C1CN(c2ncnc(-c3ccccc3)c2F)C1. The molecule has 1 aliphatic heterocycles. The number of hydrogen-bond donors (Lipinski definition) is 0. The van der Waals surface area contributed by atoms with E-state index in [0.717, 1.165) is 11.3 Å². The maximum absolute atomic E-state index is 15.0. The molecule has 27 heavy (non-hydrogen) atoms. The number of rotatable bonds is 4. The zero-order chi connectivity index (χ0) is 18.8. The number of anilines is 2. The molecule has 3 heterocycles. The molecule has 1 saturated heterocycles. The molecule has 6 nitrogen and oxygen atoms in total. The molecule has 1 aliphatic rings. The fourth-order valence-corrected chi connectivity index (χ4v) is 3.22. The van der Waals surface area contributed by atoms with Gasteiger partial charge >= 0.3 is 0 Å². The Hall–Kier alpha value is -3.53. The molecule has 0 amide bonds. The summed E-state index contributed by atoms with van der Waals surface area (Å²) in [7, 11) is 1.92. The number of nitriles is 1. The highest BCUT2D eigenvalue weighted by Gasteiger charge is 2.34. The van der Waals surface area contributed by atoms with Crippen LogP contribution in [0.25, 0.3) is 11.3 Å². The van der Waals surface area contributed by atoms with E-state index in [1.165, 1.54) is 6.33 Å². The van der Waals surface area contributed by atoms with Crippen molar-refractivity contribution < 1.29 is 4.39 Å². The molecule has 2 aromatic heterocycles. The third kappa shape index (κ3) is 3.06. The molecule has 4 rings (SSSR count). The first-order valence-corrected chi connectivity index (χ1v) is 8.58. The van der Waals surface area contributed by atoms with E-state index in [4.69, 9.17) is 0 Å². The number of hydrogen-bond acceptors (Lipinski definition) is 6. The zero-order valence-corrected chi connectivity index (χ0v) is 14.7. The molecule has 0 bridgehead atoms. The highest BCUT2D eigenvalue weighted by atomic mass is 19.1. The number of benzene rings is 1. The minimum atomic E-state index is -0.413. The standard InChI is InChI=1S/C20H17FN6/c1-26(17-8-5-9-23-16(17)10-22)15-11-27(12-15)20-18(21)19(24-13-25-20)14-6-3-2-4-7-14/h2-9,13,15H,11-12H2,1H3. The summed E-state index contributed by atoms with van der Waals surface area (Å²) >= 11 is 0. The van der Waals surface area contributed by atoms with Gasteiger partial charge in [0.15, 0.2) is 17.3 Å². The molecule has 0 saturated carbocycles. The van der Waals surface area contributed by atoms with E-state index in [1.807, 2.05) is 53.2 Å². The topological polar surface area (TPSA) is 68.9 Å². The smallest absolute Gasteiger partial charge is 0.191 e. The Morgan fingerprint density at radius 2 is 1.89 bits per heavy atom. The summed E-state index contributed by atoms with van der Waals surface area (Å²) in [6, 6.07) is 15.2. The van der Waals surface area contributed by atoms with Crippen LogP contribution in [0.4, 0.5) is 15.9 Å². The summed E-state index contributed by atoms with van der Waals surface area (Å²) in [5.41, 5.74) is 2.19. The monoisotopic (exact) mass is 360 g/mol. The van der Waals surface area contributed by atoms with Crippen LogP contribution in [-0.4, -0.2) is 41.1 Å². The minimum Gasteiger partial charge on any atom is -0.366 e. The average molecular weight is 360 g/mol. The van der Waals surface area contributed by atoms with Crippen LogP contribution in [0.5, 0.6) is 0 Å². The molecule has 7 heteroatoms. The Balaban J connectivity index is 1.53. The molecule has 0 atom stereocenters. The fourth-order valence-electron chi connectivity index (χ4n) is 3.22. The van der Waals surface area contributed by atoms with Gasteiger partial charge in [-0.25, -0.2) is 19.3 Å². The molecule has 0 radical (unpaired) electrons. The molecular weight excluding hydrogens is 343 g/mol. The van der Waals surface area contributed by atoms with Crippen molar-refractivity contribution in [3.05, 3.63) is 66.5 Å². The third-order valence-corrected chi connectivity index (χ3v) is 4.80. The first-order valence-electron chi connectivity index (χ1n) is 8.58. The van der Waals surface area contributed by atoms with Gasteiger partial charge in [0.1, 0.15) is 18.1 Å². The van der Waals surface area contributed by atoms with Crippen LogP contribution in [0.1, 0.15) is 5.69 Å². The lowest BCUT2D eigenvalue weighted by molar-refractivity contribution is 0.478. The van der Waals surface area contributed by atoms with Crippen molar-refractivity contribution in [2.45, 2.75) is 6.04 Å². The third-order valence-electron chi connectivity index (χ3n) is 4.80. The van der Waals surface area contributed by atoms with E-state index >= 15 is 0 Å². The quantitative estimate of drug-likeness (QED) is 0.713. The van der Waals surface area contributed by atoms with Gasteiger partial charge in [-0.05, 0) is 12.1 Å². The fraction of sp³-hybridized carbons (Fsp3) is 0.200. The zero-order valence-electron chi connectivity index (χ0n) is 14.7. The summed E-state index contributed by atoms with van der Waals surface area (Å²) < 4.78 is 15.0. The van der Waals surface area contributed by atoms with E-state index in [2.05, 4.69) is 21.0 Å². The Labute approximate surface area is 156 Å². The van der Waals surface area contributed by atoms with Crippen LogP contribution in [0.3, 0.4) is 0 Å². The number of aromatic nitrogens is 3. The van der Waals surface area contributed by atoms with Gasteiger partial charge in [0.2, 0.25) is 0 Å². The van der Waals surface area contributed by atoms with Gasteiger partial charge in [0.25, 0.3) is 0 Å². The number of likely N-dealkylation sites (N-methyl/N-ethyl adjacent to an activating group) is 1. The summed E-state index contributed by atoms with van der Waals surface area (Å²) in [5, 5.41) is 9.23. The number of halogens is 1. The predicted octanol–water partition coefficient (Wildman–Crippen LogP) is 2.87. The molecule has 0 unspecified atom stereocenters. The van der Waals surface area contributed by atoms with Crippen molar-refractivity contribution in [3.63, 3.8) is 0 Å². The average Bonchev–Trinajstić information content (AvgIpc) is 2.68. The summed E-state index contributed by atoms with van der Waals surface area (Å²) in [5.74, 6) is -0.107. The Morgan fingerprint density at radius 3 is 2.63 bits per heavy atom. The van der Waals surface area contributed by atoms with Crippen LogP contribution in [-0.2, 0) is 0 Å². The lowest BCUT2D eigenvalue weighted by Gasteiger charge is -2.45. The second kappa shape index (κ2) is 7.00. The van der Waals surface area contributed by atoms with Gasteiger partial charge in [-0.2, -0.15) is 5.26 Å². The Kier molecular flexibility index (Phi) is 4.38. The van der Waals surface area contributed by atoms with Crippen molar-refractivity contribution in [1.82, 2.24) is 15.0 Å². The van der Waals surface area contributed by atoms with Crippen LogP contribution >= 0.6 is 0 Å². The van der Waals surface area contributed by atoms with E-state index in [1.54, 1.807) is 12.3 Å². The molecule has 1 aromatic carbocycles. The van der Waals surface area contributed by atoms with Crippen molar-refractivity contribution in [3.8, 4) is 17.3 Å². The minimum absolute atomic E-state index is 0.149. The van der Waals surface area contributed by atoms with Crippen LogP contribution in [0.2, 0.25) is 0 Å². The summed E-state index contributed by atoms with van der Waals surface area (Å²) in [4.78, 5) is 16.2. The van der Waals surface area contributed by atoms with E-state index < -0.39 is 5.82 Å². The van der Waals surface area contributed by atoms with Crippen LogP contribution < -0.4 is 9.80 Å². The van der Waals surface area contributed by atoms with Gasteiger partial charge in [0, 0.05) is 31.9 Å². The largest absolute Gasteiger partial charge is 0.366 e. The van der Waals surface area contributed by atoms with Gasteiger partial charge in [-0.15, -0.1) is 0 Å². The molecule has 0 N–H and O–H groups in total. The number of nitrogens with zero attached hydrogens (tertiary/aromatic N) is 6. The summed E-state index contributed by atoms with van der Waals surface area (Å²) in [6.07, 6.45) is 3.00. The first-order chi connectivity index (χ1) is 13.2. The highest BCUT2D eigenvalue weighted by Crippen LogP contribution is 2.31. The predicted molar refractivity (Wildman–Crippen MR) is 101 cm³/mol. The number of pyridine rings is 1. The normalized spacial score (nSPS) is 13.7. The molecular formula is C20H17FN6. The van der Waals surface area contributed by atoms with E-state index in [9.17, 15) is 9.65 Å². The highest BCUT2D eigenvalue weighted by molar-refractivity contribution is 5.65. The molecule has 3 aromatic rings. The van der Waals surface area contributed by atoms with Crippen molar-refractivity contribution >= 4 is 11.5 Å². The molecule has 0 spiro atoms. The molecule has 1 fully saturated rings. The van der Waals surface area contributed by atoms with Gasteiger partial charge in [-0.3, -0.25) is 0 Å². The van der Waals surface area contributed by atoms with E-state index in [-0.39, 0.29) is 6.04 Å². The van der Waals surface area contributed by atoms with Crippen LogP contribution in [0, 0.1) is 17.1 Å². The maximum atomic E-state index is 15.0. The lowest BCUT2D eigenvalue weighted by Crippen LogP contribution is -2.59. The summed E-state index contributed by atoms with van der Waals surface area (Å²) in [6.45, 7) is 1.22.